The van der Waals surface area contributed by atoms with Crippen LogP contribution in [0.5, 0.6) is 0 Å². The summed E-state index contributed by atoms with van der Waals surface area (Å²) >= 11 is 0. The maximum atomic E-state index is 13.9. The SMILES string of the molecule is O=C1C(=O)N(c2ccccc2)C(c2cccc(F)c2)/C1=C(/O)c1ccc(F)cc1. The van der Waals surface area contributed by atoms with Crippen molar-refractivity contribution in [2.75, 3.05) is 4.90 Å². The largest absolute Gasteiger partial charge is 0.507 e. The number of Topliss-reactive ketones (excluding diaryl/α,β-unsaturated/α-hetero) is 1. The van der Waals surface area contributed by atoms with Gasteiger partial charge in [0, 0.05) is 11.3 Å². The van der Waals surface area contributed by atoms with Crippen molar-refractivity contribution >= 4 is 23.1 Å². The topological polar surface area (TPSA) is 57.6 Å². The highest BCUT2D eigenvalue weighted by Gasteiger charge is 2.47. The quantitative estimate of drug-likeness (QED) is 0.404. The van der Waals surface area contributed by atoms with Crippen molar-refractivity contribution in [1.29, 1.82) is 0 Å². The molecule has 1 N–H and O–H groups in total. The smallest absolute Gasteiger partial charge is 0.300 e. The van der Waals surface area contributed by atoms with Crippen LogP contribution in [0.2, 0.25) is 0 Å². The van der Waals surface area contributed by atoms with Crippen LogP contribution in [0.4, 0.5) is 14.5 Å². The Labute approximate surface area is 165 Å². The summed E-state index contributed by atoms with van der Waals surface area (Å²) in [6.07, 6.45) is 0. The Kier molecular flexibility index (Phi) is 4.68. The monoisotopic (exact) mass is 391 g/mol. The van der Waals surface area contributed by atoms with Gasteiger partial charge in [-0.25, -0.2) is 8.78 Å². The number of amides is 1. The third-order valence-corrected chi connectivity index (χ3v) is 4.76. The van der Waals surface area contributed by atoms with Gasteiger partial charge in [-0.1, -0.05) is 30.3 Å². The van der Waals surface area contributed by atoms with Crippen molar-refractivity contribution in [3.8, 4) is 0 Å². The van der Waals surface area contributed by atoms with Crippen molar-refractivity contribution in [2.24, 2.45) is 0 Å². The Balaban J connectivity index is 1.95. The summed E-state index contributed by atoms with van der Waals surface area (Å²) in [6, 6.07) is 17.8. The van der Waals surface area contributed by atoms with E-state index in [0.29, 0.717) is 11.3 Å². The van der Waals surface area contributed by atoms with E-state index in [2.05, 4.69) is 0 Å². The van der Waals surface area contributed by atoms with Crippen LogP contribution in [0.15, 0.2) is 84.4 Å². The van der Waals surface area contributed by atoms with Gasteiger partial charge in [-0.15, -0.1) is 0 Å². The van der Waals surface area contributed by atoms with Crippen LogP contribution in [-0.4, -0.2) is 16.8 Å². The molecule has 1 amide bonds. The molecule has 1 aliphatic heterocycles. The third-order valence-electron chi connectivity index (χ3n) is 4.76. The minimum Gasteiger partial charge on any atom is -0.507 e. The lowest BCUT2D eigenvalue weighted by Gasteiger charge is -2.25. The van der Waals surface area contributed by atoms with E-state index in [1.54, 1.807) is 36.4 Å². The van der Waals surface area contributed by atoms with E-state index in [0.717, 1.165) is 12.1 Å². The molecular weight excluding hydrogens is 376 g/mol. The molecule has 1 saturated heterocycles. The van der Waals surface area contributed by atoms with Gasteiger partial charge in [0.25, 0.3) is 11.7 Å². The Morgan fingerprint density at radius 1 is 0.828 bits per heavy atom. The number of aliphatic hydroxyl groups is 1. The lowest BCUT2D eigenvalue weighted by molar-refractivity contribution is -0.132. The molecule has 0 spiro atoms. The van der Waals surface area contributed by atoms with Crippen LogP contribution in [-0.2, 0) is 9.59 Å². The number of nitrogens with zero attached hydrogens (tertiary/aromatic N) is 1. The fraction of sp³-hybridized carbons (Fsp3) is 0.0435. The van der Waals surface area contributed by atoms with Gasteiger partial charge in [-0.05, 0) is 54.1 Å². The average Bonchev–Trinajstić information content (AvgIpc) is 2.99. The van der Waals surface area contributed by atoms with Gasteiger partial charge in [-0.3, -0.25) is 14.5 Å². The van der Waals surface area contributed by atoms with Gasteiger partial charge in [-0.2, -0.15) is 0 Å². The highest BCUT2D eigenvalue weighted by Crippen LogP contribution is 2.42. The molecule has 1 aliphatic rings. The summed E-state index contributed by atoms with van der Waals surface area (Å²) in [4.78, 5) is 26.9. The number of benzene rings is 3. The predicted octanol–water partition coefficient (Wildman–Crippen LogP) is 4.59. The molecule has 0 radical (unpaired) electrons. The maximum absolute atomic E-state index is 13.9. The molecule has 0 aliphatic carbocycles. The second kappa shape index (κ2) is 7.31. The second-order valence-corrected chi connectivity index (χ2v) is 6.57. The predicted molar refractivity (Wildman–Crippen MR) is 104 cm³/mol. The molecule has 29 heavy (non-hydrogen) atoms. The number of para-hydroxylation sites is 1. The molecule has 0 aromatic heterocycles. The molecule has 1 unspecified atom stereocenters. The number of carbonyl (C=O) groups excluding carboxylic acids is 2. The van der Waals surface area contributed by atoms with Gasteiger partial charge in [0.2, 0.25) is 0 Å². The third kappa shape index (κ3) is 3.29. The minimum absolute atomic E-state index is 0.180. The second-order valence-electron chi connectivity index (χ2n) is 6.57. The molecule has 4 rings (SSSR count). The summed E-state index contributed by atoms with van der Waals surface area (Å²) in [6.45, 7) is 0. The number of aliphatic hydroxyl groups excluding tert-OH is 1. The zero-order chi connectivity index (χ0) is 20.5. The number of ketones is 1. The maximum Gasteiger partial charge on any atom is 0.300 e. The van der Waals surface area contributed by atoms with E-state index >= 15 is 0 Å². The molecule has 1 fully saturated rings. The van der Waals surface area contributed by atoms with Crippen molar-refractivity contribution in [2.45, 2.75) is 6.04 Å². The van der Waals surface area contributed by atoms with E-state index in [1.165, 1.54) is 35.2 Å². The van der Waals surface area contributed by atoms with Crippen LogP contribution in [0.25, 0.3) is 5.76 Å². The minimum atomic E-state index is -1.03. The zero-order valence-electron chi connectivity index (χ0n) is 15.0. The molecule has 0 bridgehead atoms. The highest BCUT2D eigenvalue weighted by molar-refractivity contribution is 6.51. The van der Waals surface area contributed by atoms with E-state index in [4.69, 9.17) is 0 Å². The van der Waals surface area contributed by atoms with Crippen molar-refractivity contribution in [1.82, 2.24) is 0 Å². The summed E-state index contributed by atoms with van der Waals surface area (Å²) < 4.78 is 27.2. The Morgan fingerprint density at radius 3 is 2.17 bits per heavy atom. The summed E-state index contributed by atoms with van der Waals surface area (Å²) in [5.41, 5.74) is 0.758. The molecule has 0 saturated carbocycles. The zero-order valence-corrected chi connectivity index (χ0v) is 15.0. The molecule has 4 nitrogen and oxygen atoms in total. The fourth-order valence-electron chi connectivity index (χ4n) is 3.44. The van der Waals surface area contributed by atoms with Crippen LogP contribution >= 0.6 is 0 Å². The van der Waals surface area contributed by atoms with Crippen LogP contribution in [0.1, 0.15) is 17.2 Å². The molecular formula is C23H15F2NO3. The van der Waals surface area contributed by atoms with E-state index in [-0.39, 0.29) is 11.1 Å². The Bertz CT molecular complexity index is 1120. The molecule has 1 atom stereocenters. The number of rotatable bonds is 3. The molecule has 144 valence electrons. The summed E-state index contributed by atoms with van der Waals surface area (Å²) in [7, 11) is 0. The Hall–Kier alpha value is -3.80. The molecule has 6 heteroatoms. The van der Waals surface area contributed by atoms with Gasteiger partial charge < -0.3 is 5.11 Å². The first kappa shape index (κ1) is 18.6. The van der Waals surface area contributed by atoms with Gasteiger partial charge in [0.05, 0.1) is 11.6 Å². The molecule has 1 heterocycles. The van der Waals surface area contributed by atoms with E-state index < -0.39 is 35.1 Å². The van der Waals surface area contributed by atoms with Gasteiger partial charge in [0.15, 0.2) is 0 Å². The van der Waals surface area contributed by atoms with Crippen molar-refractivity contribution < 1.29 is 23.5 Å². The number of halogens is 2. The fourth-order valence-corrected chi connectivity index (χ4v) is 3.44. The van der Waals surface area contributed by atoms with E-state index in [1.807, 2.05) is 0 Å². The Morgan fingerprint density at radius 2 is 1.52 bits per heavy atom. The standard InChI is InChI=1S/C23H15F2NO3/c24-16-11-9-14(10-12-16)21(27)19-20(15-5-4-6-17(25)13-15)26(23(29)22(19)28)18-7-2-1-3-8-18/h1-13,20,27H/b21-19-. The van der Waals surface area contributed by atoms with Gasteiger partial charge in [0.1, 0.15) is 17.4 Å². The number of carbonyl (C=O) groups is 2. The number of hydrogen-bond acceptors (Lipinski definition) is 3. The number of hydrogen-bond donors (Lipinski definition) is 1. The average molecular weight is 391 g/mol. The summed E-state index contributed by atoms with van der Waals surface area (Å²) in [5.74, 6) is -3.23. The normalized spacial score (nSPS) is 18.3. The van der Waals surface area contributed by atoms with Crippen molar-refractivity contribution in [3.63, 3.8) is 0 Å². The first-order valence-corrected chi connectivity index (χ1v) is 8.85. The first-order valence-electron chi connectivity index (χ1n) is 8.85. The van der Waals surface area contributed by atoms with Gasteiger partial charge >= 0.3 is 0 Å². The van der Waals surface area contributed by atoms with E-state index in [9.17, 15) is 23.5 Å². The molecule has 3 aromatic carbocycles. The van der Waals surface area contributed by atoms with Crippen LogP contribution in [0, 0.1) is 11.6 Å². The highest BCUT2D eigenvalue weighted by atomic mass is 19.1. The lowest BCUT2D eigenvalue weighted by Crippen LogP contribution is -2.29. The van der Waals surface area contributed by atoms with Crippen LogP contribution < -0.4 is 4.90 Å². The number of anilines is 1. The van der Waals surface area contributed by atoms with Crippen molar-refractivity contribution in [3.05, 3.63) is 107 Å². The summed E-state index contributed by atoms with van der Waals surface area (Å²) in [5, 5.41) is 10.8. The molecule has 3 aromatic rings. The lowest BCUT2D eigenvalue weighted by atomic mass is 9.95. The first-order chi connectivity index (χ1) is 14.0. The van der Waals surface area contributed by atoms with Crippen LogP contribution in [0.3, 0.4) is 0 Å².